The van der Waals surface area contributed by atoms with Gasteiger partial charge >= 0.3 is 0 Å². The van der Waals surface area contributed by atoms with Gasteiger partial charge in [-0.2, -0.15) is 5.10 Å². The topological polar surface area (TPSA) is 59.4 Å². The second kappa shape index (κ2) is 5.48. The molecule has 0 atom stereocenters. The van der Waals surface area contributed by atoms with Gasteiger partial charge in [-0.25, -0.2) is 0 Å². The Bertz CT molecular complexity index is 784. The minimum atomic E-state index is 0.562. The van der Waals surface area contributed by atoms with Crippen LogP contribution in [0.3, 0.4) is 0 Å². The van der Waals surface area contributed by atoms with Gasteiger partial charge in [-0.15, -0.1) is 11.7 Å². The van der Waals surface area contributed by atoms with E-state index in [0.29, 0.717) is 11.3 Å². The highest BCUT2D eigenvalue weighted by atomic mass is 32.1. The van der Waals surface area contributed by atoms with Crippen LogP contribution in [0.15, 0.2) is 43.0 Å². The van der Waals surface area contributed by atoms with Crippen LogP contribution < -0.4 is 0 Å². The van der Waals surface area contributed by atoms with Crippen LogP contribution in [0, 0.1) is 4.77 Å². The molecular formula is C13H11N5S2. The Morgan fingerprint density at radius 1 is 1.35 bits per heavy atom. The van der Waals surface area contributed by atoms with Crippen molar-refractivity contribution in [2.75, 3.05) is 0 Å². The first kappa shape index (κ1) is 12.9. The maximum Gasteiger partial charge on any atom is 0.195 e. The average molecular weight is 301 g/mol. The zero-order chi connectivity index (χ0) is 13.9. The Kier molecular flexibility index (Phi) is 3.53. The first-order chi connectivity index (χ1) is 9.81. The van der Waals surface area contributed by atoms with Gasteiger partial charge in [0.05, 0.1) is 0 Å². The molecule has 3 rings (SSSR count). The summed E-state index contributed by atoms with van der Waals surface area (Å²) in [6.45, 7) is 4.34. The molecule has 1 N–H and O–H groups in total. The fourth-order valence-corrected chi connectivity index (χ4v) is 2.81. The third kappa shape index (κ3) is 2.21. The Morgan fingerprint density at radius 2 is 2.15 bits per heavy atom. The molecule has 0 fully saturated rings. The summed E-state index contributed by atoms with van der Waals surface area (Å²) in [6.07, 6.45) is 1.78. The molecule has 0 aliphatic rings. The Morgan fingerprint density at radius 3 is 2.90 bits per heavy atom. The number of hydrogen-bond donors (Lipinski definition) is 1. The Hall–Kier alpha value is -2.12. The van der Waals surface area contributed by atoms with Crippen LogP contribution in [0.4, 0.5) is 0 Å². The number of allylic oxidation sites excluding steroid dienone is 1. The lowest BCUT2D eigenvalue weighted by molar-refractivity contribution is 0.815. The third-order valence-electron chi connectivity index (χ3n) is 2.81. The smallest absolute Gasteiger partial charge is 0.195 e. The van der Waals surface area contributed by atoms with E-state index in [1.165, 1.54) is 11.5 Å². The van der Waals surface area contributed by atoms with Gasteiger partial charge in [-0.05, 0) is 23.8 Å². The lowest BCUT2D eigenvalue weighted by Crippen LogP contribution is -1.98. The zero-order valence-electron chi connectivity index (χ0n) is 10.5. The fraction of sp³-hybridized carbons (Fsp3) is 0.0769. The molecule has 2 aromatic heterocycles. The molecule has 0 aliphatic heterocycles. The molecule has 5 nitrogen and oxygen atoms in total. The highest BCUT2D eigenvalue weighted by Crippen LogP contribution is 2.31. The van der Waals surface area contributed by atoms with Crippen LogP contribution in [0.5, 0.6) is 0 Å². The van der Waals surface area contributed by atoms with Crippen molar-refractivity contribution in [2.24, 2.45) is 0 Å². The number of nitrogens with zero attached hydrogens (tertiary/aromatic N) is 4. The maximum absolute atomic E-state index is 5.23. The number of nitrogens with one attached hydrogen (secondary N) is 1. The predicted molar refractivity (Wildman–Crippen MR) is 81.9 cm³/mol. The molecule has 3 aromatic rings. The maximum atomic E-state index is 5.23. The normalized spacial score (nSPS) is 10.6. The SMILES string of the molecule is C=CCn1c(-c2snnc2-c2ccccc2)n[nH]c1=S. The van der Waals surface area contributed by atoms with Gasteiger partial charge in [0.15, 0.2) is 10.6 Å². The minimum absolute atomic E-state index is 0.562. The fourth-order valence-electron chi connectivity index (χ4n) is 1.91. The van der Waals surface area contributed by atoms with Crippen molar-refractivity contribution in [3.8, 4) is 22.0 Å². The van der Waals surface area contributed by atoms with Gasteiger partial charge in [0.1, 0.15) is 10.6 Å². The minimum Gasteiger partial charge on any atom is -0.295 e. The monoisotopic (exact) mass is 301 g/mol. The van der Waals surface area contributed by atoms with Crippen LogP contribution in [0.2, 0.25) is 0 Å². The molecule has 100 valence electrons. The number of benzene rings is 1. The molecule has 7 heteroatoms. The third-order valence-corrected chi connectivity index (χ3v) is 3.84. The van der Waals surface area contributed by atoms with Crippen LogP contribution in [0.1, 0.15) is 0 Å². The van der Waals surface area contributed by atoms with E-state index in [1.807, 2.05) is 34.9 Å². The molecule has 1 aromatic carbocycles. The van der Waals surface area contributed by atoms with Gasteiger partial charge in [-0.3, -0.25) is 9.67 Å². The molecule has 0 bridgehead atoms. The highest BCUT2D eigenvalue weighted by molar-refractivity contribution is 7.71. The van der Waals surface area contributed by atoms with Gasteiger partial charge < -0.3 is 0 Å². The molecule has 0 spiro atoms. The van der Waals surface area contributed by atoms with Gasteiger partial charge in [0.2, 0.25) is 0 Å². The zero-order valence-corrected chi connectivity index (χ0v) is 12.1. The molecule has 0 aliphatic carbocycles. The van der Waals surface area contributed by atoms with E-state index < -0.39 is 0 Å². The Labute approximate surface area is 124 Å². The van der Waals surface area contributed by atoms with Gasteiger partial charge in [-0.1, -0.05) is 40.9 Å². The van der Waals surface area contributed by atoms with Crippen molar-refractivity contribution < 1.29 is 0 Å². The first-order valence-electron chi connectivity index (χ1n) is 5.95. The Balaban J connectivity index is 2.16. The van der Waals surface area contributed by atoms with E-state index in [2.05, 4.69) is 26.4 Å². The number of aromatic nitrogens is 5. The molecule has 0 saturated carbocycles. The summed E-state index contributed by atoms with van der Waals surface area (Å²) in [5, 5.41) is 11.3. The number of hydrogen-bond acceptors (Lipinski definition) is 5. The van der Waals surface area contributed by atoms with Gasteiger partial charge in [0, 0.05) is 12.1 Å². The van der Waals surface area contributed by atoms with Crippen molar-refractivity contribution in [3.05, 3.63) is 47.8 Å². The summed E-state index contributed by atoms with van der Waals surface area (Å²) in [7, 11) is 0. The van der Waals surface area contributed by atoms with E-state index >= 15 is 0 Å². The van der Waals surface area contributed by atoms with Crippen molar-refractivity contribution in [2.45, 2.75) is 6.54 Å². The van der Waals surface area contributed by atoms with Crippen LogP contribution >= 0.6 is 23.8 Å². The summed E-state index contributed by atoms with van der Waals surface area (Å²) in [5.41, 5.74) is 1.82. The first-order valence-corrected chi connectivity index (χ1v) is 7.13. The van der Waals surface area contributed by atoms with Crippen molar-refractivity contribution in [3.63, 3.8) is 0 Å². The largest absolute Gasteiger partial charge is 0.295 e. The van der Waals surface area contributed by atoms with E-state index in [1.54, 1.807) is 6.08 Å². The molecular weight excluding hydrogens is 290 g/mol. The summed E-state index contributed by atoms with van der Waals surface area (Å²) in [4.78, 5) is 0.894. The van der Waals surface area contributed by atoms with E-state index in [-0.39, 0.29) is 0 Å². The molecule has 0 amide bonds. The average Bonchev–Trinajstić information content (AvgIpc) is 3.08. The molecule has 20 heavy (non-hydrogen) atoms. The lowest BCUT2D eigenvalue weighted by atomic mass is 10.1. The van der Waals surface area contributed by atoms with Crippen LogP contribution in [0.25, 0.3) is 22.0 Å². The number of H-pyrrole nitrogens is 1. The summed E-state index contributed by atoms with van der Waals surface area (Å²) >= 11 is 6.54. The van der Waals surface area contributed by atoms with Crippen molar-refractivity contribution in [1.29, 1.82) is 0 Å². The van der Waals surface area contributed by atoms with E-state index in [0.717, 1.165) is 22.0 Å². The predicted octanol–water partition coefficient (Wildman–Crippen LogP) is 3.31. The molecule has 0 radical (unpaired) electrons. The molecule has 0 unspecified atom stereocenters. The van der Waals surface area contributed by atoms with Gasteiger partial charge in [0.25, 0.3) is 0 Å². The summed E-state index contributed by atoms with van der Waals surface area (Å²) < 4.78 is 6.49. The summed E-state index contributed by atoms with van der Waals surface area (Å²) in [6, 6.07) is 9.91. The lowest BCUT2D eigenvalue weighted by Gasteiger charge is -2.03. The second-order valence-electron chi connectivity index (χ2n) is 4.07. The highest BCUT2D eigenvalue weighted by Gasteiger charge is 2.17. The number of aromatic amines is 1. The van der Waals surface area contributed by atoms with Crippen LogP contribution in [-0.4, -0.2) is 24.4 Å². The molecule has 2 heterocycles. The van der Waals surface area contributed by atoms with E-state index in [9.17, 15) is 0 Å². The van der Waals surface area contributed by atoms with Crippen molar-refractivity contribution >= 4 is 23.8 Å². The van der Waals surface area contributed by atoms with Crippen molar-refractivity contribution in [1.82, 2.24) is 24.4 Å². The summed E-state index contributed by atoms with van der Waals surface area (Å²) in [5.74, 6) is 0.740. The van der Waals surface area contributed by atoms with E-state index in [4.69, 9.17) is 12.2 Å². The standard InChI is InChI=1S/C13H11N5S2/c1-2-8-18-12(15-16-13(18)19)11-10(14-17-20-11)9-6-4-3-5-7-9/h2-7H,1,8H2,(H,16,19). The quantitative estimate of drug-likeness (QED) is 0.593. The molecule has 0 saturated heterocycles. The second-order valence-corrected chi connectivity index (χ2v) is 5.21. The van der Waals surface area contributed by atoms with Crippen LogP contribution in [-0.2, 0) is 6.54 Å². The number of rotatable bonds is 4.